The van der Waals surface area contributed by atoms with Crippen molar-refractivity contribution < 1.29 is 12.8 Å². The molecule has 1 fully saturated rings. The smallest absolute Gasteiger partial charge is 0.273 e. The van der Waals surface area contributed by atoms with Gasteiger partial charge in [0.2, 0.25) is 5.09 Å². The molecule has 0 aromatic carbocycles. The van der Waals surface area contributed by atoms with Gasteiger partial charge in [-0.05, 0) is 44.9 Å². The summed E-state index contributed by atoms with van der Waals surface area (Å²) < 4.78 is 30.8. The summed E-state index contributed by atoms with van der Waals surface area (Å²) >= 11 is 0. The van der Waals surface area contributed by atoms with E-state index in [1.165, 1.54) is 45.2 Å². The van der Waals surface area contributed by atoms with Gasteiger partial charge in [-0.1, -0.05) is 19.3 Å². The predicted molar refractivity (Wildman–Crippen MR) is 77.8 cm³/mol. The van der Waals surface area contributed by atoms with Gasteiger partial charge in [-0.15, -0.1) is 0 Å². The van der Waals surface area contributed by atoms with Crippen LogP contribution in [-0.2, 0) is 16.6 Å². The predicted octanol–water partition coefficient (Wildman–Crippen LogP) is 2.25. The van der Waals surface area contributed by atoms with Crippen LogP contribution in [0.3, 0.4) is 0 Å². The first-order valence-electron chi connectivity index (χ1n) is 7.28. The van der Waals surface area contributed by atoms with Crippen molar-refractivity contribution in [1.29, 1.82) is 0 Å². The molecule has 0 saturated heterocycles. The summed E-state index contributed by atoms with van der Waals surface area (Å²) in [5, 5.41) is 3.42. The van der Waals surface area contributed by atoms with Crippen molar-refractivity contribution in [3.63, 3.8) is 0 Å². The Labute approximate surface area is 121 Å². The maximum atomic E-state index is 11.6. The maximum Gasteiger partial charge on any atom is 0.273 e. The van der Waals surface area contributed by atoms with Gasteiger partial charge in [0, 0.05) is 6.04 Å². The summed E-state index contributed by atoms with van der Waals surface area (Å²) in [7, 11) is -2.10. The summed E-state index contributed by atoms with van der Waals surface area (Å²) in [5.74, 6) is 1.38. The van der Waals surface area contributed by atoms with Crippen LogP contribution in [0.1, 0.15) is 44.8 Å². The second-order valence-electron chi connectivity index (χ2n) is 5.50. The molecule has 1 saturated carbocycles. The van der Waals surface area contributed by atoms with E-state index in [1.54, 1.807) is 6.07 Å². The normalized spacial score (nSPS) is 19.1. The minimum Gasteiger partial charge on any atom is -0.447 e. The van der Waals surface area contributed by atoms with E-state index < -0.39 is 10.0 Å². The molecule has 2 rings (SSSR count). The molecule has 0 radical (unpaired) electrons. The van der Waals surface area contributed by atoms with Gasteiger partial charge in [-0.3, -0.25) is 0 Å². The molecule has 0 amide bonds. The lowest BCUT2D eigenvalue weighted by atomic mass is 9.84. The molecule has 6 heteroatoms. The van der Waals surface area contributed by atoms with Crippen LogP contribution in [-0.4, -0.2) is 21.5 Å². The highest BCUT2D eigenvalue weighted by Gasteiger charge is 2.20. The molecule has 1 aliphatic carbocycles. The highest BCUT2D eigenvalue weighted by atomic mass is 32.2. The summed E-state index contributed by atoms with van der Waals surface area (Å²) in [5.41, 5.74) is 0. The minimum atomic E-state index is -3.48. The fraction of sp³-hybridized carbons (Fsp3) is 0.714. The van der Waals surface area contributed by atoms with Crippen molar-refractivity contribution in [1.82, 2.24) is 10.0 Å². The second-order valence-corrected chi connectivity index (χ2v) is 7.31. The van der Waals surface area contributed by atoms with Crippen LogP contribution in [0.4, 0.5) is 0 Å². The van der Waals surface area contributed by atoms with Gasteiger partial charge < -0.3 is 9.73 Å². The lowest BCUT2D eigenvalue weighted by molar-refractivity contribution is 0.273. The zero-order valence-corrected chi connectivity index (χ0v) is 13.0. The van der Waals surface area contributed by atoms with E-state index in [4.69, 9.17) is 4.42 Å². The molecule has 1 aliphatic rings. The zero-order valence-electron chi connectivity index (χ0n) is 12.2. The van der Waals surface area contributed by atoms with Crippen LogP contribution >= 0.6 is 0 Å². The summed E-state index contributed by atoms with van der Waals surface area (Å²) in [6, 6.07) is 3.64. The van der Waals surface area contributed by atoms with E-state index in [1.807, 2.05) is 0 Å². The molecule has 1 aromatic heterocycles. The van der Waals surface area contributed by atoms with Crippen molar-refractivity contribution in [3.8, 4) is 0 Å². The zero-order chi connectivity index (χ0) is 14.6. The molecule has 0 aliphatic heterocycles. The average Bonchev–Trinajstić information content (AvgIpc) is 2.95. The van der Waals surface area contributed by atoms with Crippen molar-refractivity contribution in [2.45, 2.75) is 56.7 Å². The van der Waals surface area contributed by atoms with E-state index in [2.05, 4.69) is 17.0 Å². The van der Waals surface area contributed by atoms with Crippen LogP contribution in [0.2, 0.25) is 0 Å². The van der Waals surface area contributed by atoms with Crippen LogP contribution in [0.15, 0.2) is 21.6 Å². The highest BCUT2D eigenvalue weighted by molar-refractivity contribution is 7.89. The van der Waals surface area contributed by atoms with Gasteiger partial charge in [0.05, 0.1) is 6.54 Å². The fourth-order valence-electron chi connectivity index (χ4n) is 2.76. The molecule has 1 heterocycles. The summed E-state index contributed by atoms with van der Waals surface area (Å²) in [6.45, 7) is 2.76. The molecule has 0 bridgehead atoms. The Kier molecular flexibility index (Phi) is 5.23. The Bertz CT molecular complexity index is 518. The third kappa shape index (κ3) is 3.84. The lowest BCUT2D eigenvalue weighted by Gasteiger charge is -2.28. The average molecular weight is 300 g/mol. The van der Waals surface area contributed by atoms with Crippen molar-refractivity contribution >= 4 is 10.0 Å². The molecular formula is C14H24N2O3S. The Morgan fingerprint density at radius 3 is 2.65 bits per heavy atom. The monoisotopic (exact) mass is 300 g/mol. The minimum absolute atomic E-state index is 0.0258. The molecule has 20 heavy (non-hydrogen) atoms. The van der Waals surface area contributed by atoms with Gasteiger partial charge >= 0.3 is 0 Å². The number of nitrogens with one attached hydrogen (secondary N) is 2. The largest absolute Gasteiger partial charge is 0.447 e. The van der Waals surface area contributed by atoms with Gasteiger partial charge in [0.1, 0.15) is 5.76 Å². The first-order valence-corrected chi connectivity index (χ1v) is 8.77. The van der Waals surface area contributed by atoms with E-state index >= 15 is 0 Å². The molecule has 1 aromatic rings. The van der Waals surface area contributed by atoms with Gasteiger partial charge in [0.25, 0.3) is 10.0 Å². The van der Waals surface area contributed by atoms with Gasteiger partial charge in [-0.2, -0.15) is 0 Å². The van der Waals surface area contributed by atoms with Crippen molar-refractivity contribution in [2.75, 3.05) is 7.05 Å². The molecular weight excluding hydrogens is 276 g/mol. The van der Waals surface area contributed by atoms with Crippen LogP contribution in [0, 0.1) is 5.92 Å². The fourth-order valence-corrected chi connectivity index (χ4v) is 3.43. The van der Waals surface area contributed by atoms with E-state index in [0.717, 1.165) is 5.92 Å². The van der Waals surface area contributed by atoms with Crippen molar-refractivity contribution in [3.05, 3.63) is 17.9 Å². The Morgan fingerprint density at radius 2 is 2.00 bits per heavy atom. The highest BCUT2D eigenvalue weighted by Crippen LogP contribution is 2.26. The Hall–Kier alpha value is -0.850. The van der Waals surface area contributed by atoms with E-state index in [9.17, 15) is 8.42 Å². The van der Waals surface area contributed by atoms with Crippen LogP contribution < -0.4 is 10.0 Å². The van der Waals surface area contributed by atoms with Crippen molar-refractivity contribution in [2.24, 2.45) is 5.92 Å². The van der Waals surface area contributed by atoms with E-state index in [0.29, 0.717) is 18.3 Å². The maximum absolute atomic E-state index is 11.6. The van der Waals surface area contributed by atoms with Gasteiger partial charge in [-0.25, -0.2) is 13.1 Å². The topological polar surface area (TPSA) is 71.3 Å². The number of sulfonamides is 1. The number of rotatable bonds is 6. The number of hydrogen-bond donors (Lipinski definition) is 2. The quantitative estimate of drug-likeness (QED) is 0.845. The molecule has 1 atom stereocenters. The van der Waals surface area contributed by atoms with E-state index in [-0.39, 0.29) is 5.09 Å². The first-order chi connectivity index (χ1) is 9.53. The first kappa shape index (κ1) is 15.5. The standard InChI is InChI=1S/C14H24N2O3S/c1-11(12-6-4-3-5-7-12)16-10-13-8-9-14(19-13)20(17,18)15-2/h8-9,11-12,15-16H,3-7,10H2,1-2H3/t11-/m1/s1. The summed E-state index contributed by atoms with van der Waals surface area (Å²) in [6.07, 6.45) is 6.56. The van der Waals surface area contributed by atoms with Gasteiger partial charge in [0.15, 0.2) is 0 Å². The second kappa shape index (κ2) is 6.74. The molecule has 2 N–H and O–H groups in total. The molecule has 114 valence electrons. The van der Waals surface area contributed by atoms with Crippen LogP contribution in [0.5, 0.6) is 0 Å². The molecule has 0 unspecified atom stereocenters. The summed E-state index contributed by atoms with van der Waals surface area (Å²) in [4.78, 5) is 0. The lowest BCUT2D eigenvalue weighted by Crippen LogP contribution is -2.34. The Morgan fingerprint density at radius 1 is 1.30 bits per heavy atom. The van der Waals surface area contributed by atoms with Crippen LogP contribution in [0.25, 0.3) is 0 Å². The Balaban J connectivity index is 1.88. The molecule has 0 spiro atoms. The number of furan rings is 1. The third-order valence-corrected chi connectivity index (χ3v) is 5.41. The SMILES string of the molecule is CNS(=O)(=O)c1ccc(CN[C@H](C)C2CCCCC2)o1. The number of hydrogen-bond acceptors (Lipinski definition) is 4. The molecule has 5 nitrogen and oxygen atoms in total. The third-order valence-electron chi connectivity index (χ3n) is 4.13.